The molecule has 0 bridgehead atoms. The Morgan fingerprint density at radius 2 is 2.18 bits per heavy atom. The van der Waals surface area contributed by atoms with E-state index < -0.39 is 17.9 Å². The highest BCUT2D eigenvalue weighted by atomic mass is 16.4. The Kier molecular flexibility index (Phi) is 4.02. The molecule has 0 aliphatic carbocycles. The van der Waals surface area contributed by atoms with Gasteiger partial charge in [-0.25, -0.2) is 4.79 Å². The van der Waals surface area contributed by atoms with Crippen LogP contribution in [0.3, 0.4) is 0 Å². The van der Waals surface area contributed by atoms with Crippen molar-refractivity contribution >= 4 is 17.8 Å². The highest BCUT2D eigenvalue weighted by molar-refractivity contribution is 5.93. The number of carboxylic acid groups (broad SMARTS) is 1. The van der Waals surface area contributed by atoms with Gasteiger partial charge in [0.05, 0.1) is 0 Å². The van der Waals surface area contributed by atoms with E-state index in [1.807, 2.05) is 13.8 Å². The molecule has 94 valence electrons. The van der Waals surface area contributed by atoms with Gasteiger partial charge in [0.2, 0.25) is 11.8 Å². The van der Waals surface area contributed by atoms with Gasteiger partial charge in [-0.3, -0.25) is 9.89 Å². The standard InChI is InChI=1S/C9H15N5O3/c1-4(2)3-5(8(16)17)11-7(15)6-12-9(10)14-13-6/h4-5H,3H2,1-2H3,(H,11,15)(H,16,17)(H3,10,12,13,14)/t5-/m0/s1. The first-order valence-electron chi connectivity index (χ1n) is 5.11. The van der Waals surface area contributed by atoms with Crippen LogP contribution >= 0.6 is 0 Å². The minimum absolute atomic E-state index is 0.0640. The van der Waals surface area contributed by atoms with Crippen LogP contribution in [0.5, 0.6) is 0 Å². The quantitative estimate of drug-likeness (QED) is 0.555. The fraction of sp³-hybridized carbons (Fsp3) is 0.556. The van der Waals surface area contributed by atoms with E-state index in [0.29, 0.717) is 6.42 Å². The van der Waals surface area contributed by atoms with Gasteiger partial charge >= 0.3 is 5.97 Å². The lowest BCUT2D eigenvalue weighted by Crippen LogP contribution is -2.42. The van der Waals surface area contributed by atoms with Crippen LogP contribution in [0.1, 0.15) is 30.9 Å². The molecule has 1 atom stereocenters. The van der Waals surface area contributed by atoms with Crippen LogP contribution in [0.15, 0.2) is 0 Å². The molecule has 1 aromatic rings. The molecular weight excluding hydrogens is 226 g/mol. The molecule has 8 nitrogen and oxygen atoms in total. The van der Waals surface area contributed by atoms with E-state index in [1.165, 1.54) is 0 Å². The molecule has 8 heteroatoms. The van der Waals surface area contributed by atoms with Crippen molar-refractivity contribution in [1.29, 1.82) is 0 Å². The van der Waals surface area contributed by atoms with E-state index in [2.05, 4.69) is 20.5 Å². The second-order valence-electron chi connectivity index (χ2n) is 4.04. The monoisotopic (exact) mass is 241 g/mol. The van der Waals surface area contributed by atoms with E-state index >= 15 is 0 Å². The first kappa shape index (κ1) is 12.9. The zero-order valence-corrected chi connectivity index (χ0v) is 9.60. The second-order valence-corrected chi connectivity index (χ2v) is 4.04. The minimum Gasteiger partial charge on any atom is -0.480 e. The molecule has 0 aliphatic heterocycles. The van der Waals surface area contributed by atoms with Crippen molar-refractivity contribution < 1.29 is 14.7 Å². The number of hydrogen-bond acceptors (Lipinski definition) is 5. The first-order chi connectivity index (χ1) is 7.90. The van der Waals surface area contributed by atoms with Crippen molar-refractivity contribution in [3.8, 4) is 0 Å². The number of hydrogen-bond donors (Lipinski definition) is 4. The molecule has 0 radical (unpaired) electrons. The Balaban J connectivity index is 2.67. The molecule has 1 rings (SSSR count). The van der Waals surface area contributed by atoms with Gasteiger partial charge < -0.3 is 16.2 Å². The summed E-state index contributed by atoms with van der Waals surface area (Å²) in [6.45, 7) is 3.74. The Bertz CT molecular complexity index is 415. The number of nitrogen functional groups attached to an aromatic ring is 1. The van der Waals surface area contributed by atoms with Gasteiger partial charge in [0.15, 0.2) is 0 Å². The number of carboxylic acids is 1. The van der Waals surface area contributed by atoms with Gasteiger partial charge in [-0.2, -0.15) is 4.98 Å². The number of H-pyrrole nitrogens is 1. The zero-order chi connectivity index (χ0) is 13.0. The van der Waals surface area contributed by atoms with Gasteiger partial charge in [-0.1, -0.05) is 13.8 Å². The van der Waals surface area contributed by atoms with Crippen LogP contribution in [0.4, 0.5) is 5.95 Å². The largest absolute Gasteiger partial charge is 0.480 e. The lowest BCUT2D eigenvalue weighted by molar-refractivity contribution is -0.139. The van der Waals surface area contributed by atoms with Crippen molar-refractivity contribution in [3.05, 3.63) is 5.82 Å². The van der Waals surface area contributed by atoms with Crippen LogP contribution in [0.25, 0.3) is 0 Å². The normalized spacial score (nSPS) is 12.4. The van der Waals surface area contributed by atoms with Gasteiger partial charge in [0.1, 0.15) is 6.04 Å². The van der Waals surface area contributed by atoms with Crippen molar-refractivity contribution in [3.63, 3.8) is 0 Å². The summed E-state index contributed by atoms with van der Waals surface area (Å²) in [5.41, 5.74) is 5.24. The maximum absolute atomic E-state index is 11.6. The molecule has 0 aliphatic rings. The maximum atomic E-state index is 11.6. The predicted molar refractivity (Wildman–Crippen MR) is 59.1 cm³/mol. The summed E-state index contributed by atoms with van der Waals surface area (Å²) in [7, 11) is 0. The molecule has 5 N–H and O–H groups in total. The average Bonchev–Trinajstić information content (AvgIpc) is 2.63. The topological polar surface area (TPSA) is 134 Å². The van der Waals surface area contributed by atoms with Crippen LogP contribution in [0, 0.1) is 5.92 Å². The third kappa shape index (κ3) is 3.74. The van der Waals surface area contributed by atoms with Crippen molar-refractivity contribution in [2.75, 3.05) is 5.73 Å². The fourth-order valence-electron chi connectivity index (χ4n) is 1.30. The van der Waals surface area contributed by atoms with Crippen LogP contribution in [-0.2, 0) is 4.79 Å². The van der Waals surface area contributed by atoms with E-state index in [9.17, 15) is 9.59 Å². The Labute approximate surface area is 97.6 Å². The number of amides is 1. The molecule has 0 saturated carbocycles. The maximum Gasteiger partial charge on any atom is 0.326 e. The molecule has 1 amide bonds. The summed E-state index contributed by atoms with van der Waals surface area (Å²) in [6.07, 6.45) is 0.338. The van der Waals surface area contributed by atoms with Crippen LogP contribution < -0.4 is 11.1 Å². The number of nitrogens with two attached hydrogens (primary N) is 1. The molecule has 1 heterocycles. The van der Waals surface area contributed by atoms with E-state index in [-0.39, 0.29) is 17.7 Å². The average molecular weight is 241 g/mol. The summed E-state index contributed by atoms with van der Waals surface area (Å²) < 4.78 is 0. The first-order valence-corrected chi connectivity index (χ1v) is 5.11. The van der Waals surface area contributed by atoms with Crippen LogP contribution in [-0.4, -0.2) is 38.2 Å². The molecule has 1 aromatic heterocycles. The Morgan fingerprint density at radius 3 is 2.59 bits per heavy atom. The van der Waals surface area contributed by atoms with E-state index in [0.717, 1.165) is 0 Å². The predicted octanol–water partition coefficient (Wildman–Crippen LogP) is -0.384. The number of rotatable bonds is 5. The van der Waals surface area contributed by atoms with Crippen molar-refractivity contribution in [2.24, 2.45) is 5.92 Å². The Hall–Kier alpha value is -2.12. The molecule has 17 heavy (non-hydrogen) atoms. The zero-order valence-electron chi connectivity index (χ0n) is 9.60. The summed E-state index contributed by atoms with van der Waals surface area (Å²) in [4.78, 5) is 26.1. The number of carbonyl (C=O) groups excluding carboxylic acids is 1. The molecule has 0 saturated heterocycles. The number of anilines is 1. The fourth-order valence-corrected chi connectivity index (χ4v) is 1.30. The number of aliphatic carboxylic acids is 1. The number of carbonyl (C=O) groups is 2. The summed E-state index contributed by atoms with van der Waals surface area (Å²) in [6, 6.07) is -0.950. The van der Waals surface area contributed by atoms with Gasteiger partial charge in [0.25, 0.3) is 5.91 Å². The molecule has 0 spiro atoms. The van der Waals surface area contributed by atoms with E-state index in [4.69, 9.17) is 10.8 Å². The summed E-state index contributed by atoms with van der Waals surface area (Å²) in [5, 5.41) is 17.1. The third-order valence-corrected chi connectivity index (χ3v) is 2.03. The third-order valence-electron chi connectivity index (χ3n) is 2.03. The van der Waals surface area contributed by atoms with Crippen molar-refractivity contribution in [2.45, 2.75) is 26.3 Å². The number of aromatic amines is 1. The highest BCUT2D eigenvalue weighted by Crippen LogP contribution is 2.05. The molecule has 0 unspecified atom stereocenters. The number of nitrogens with zero attached hydrogens (tertiary/aromatic N) is 2. The van der Waals surface area contributed by atoms with Gasteiger partial charge in [-0.15, -0.1) is 5.10 Å². The molecule has 0 fully saturated rings. The lowest BCUT2D eigenvalue weighted by Gasteiger charge is -2.15. The SMILES string of the molecule is CC(C)C[C@H](NC(=O)c1nc(N)n[nH]1)C(=O)O. The van der Waals surface area contributed by atoms with Crippen molar-refractivity contribution in [1.82, 2.24) is 20.5 Å². The summed E-state index contributed by atoms with van der Waals surface area (Å²) in [5.74, 6) is -1.73. The summed E-state index contributed by atoms with van der Waals surface area (Å²) >= 11 is 0. The smallest absolute Gasteiger partial charge is 0.326 e. The second kappa shape index (κ2) is 5.28. The van der Waals surface area contributed by atoms with Gasteiger partial charge in [0, 0.05) is 0 Å². The highest BCUT2D eigenvalue weighted by Gasteiger charge is 2.23. The molecule has 0 aromatic carbocycles. The number of aromatic nitrogens is 3. The van der Waals surface area contributed by atoms with Gasteiger partial charge in [-0.05, 0) is 12.3 Å². The molecular formula is C9H15N5O3. The van der Waals surface area contributed by atoms with E-state index in [1.54, 1.807) is 0 Å². The minimum atomic E-state index is -1.08. The van der Waals surface area contributed by atoms with Crippen LogP contribution in [0.2, 0.25) is 0 Å². The Morgan fingerprint density at radius 1 is 1.53 bits per heavy atom. The lowest BCUT2D eigenvalue weighted by atomic mass is 10.0. The number of nitrogens with one attached hydrogen (secondary N) is 2.